The second-order valence-corrected chi connectivity index (χ2v) is 7.14. The van der Waals surface area contributed by atoms with E-state index in [0.29, 0.717) is 6.04 Å². The first-order valence-corrected chi connectivity index (χ1v) is 9.76. The van der Waals surface area contributed by atoms with Crippen molar-refractivity contribution < 1.29 is 0 Å². The monoisotopic (exact) mass is 353 g/mol. The normalized spacial score (nSPS) is 19.2. The zero-order valence-corrected chi connectivity index (χ0v) is 15.2. The molecule has 0 amide bonds. The van der Waals surface area contributed by atoms with Gasteiger partial charge in [-0.1, -0.05) is 31.7 Å². The lowest BCUT2D eigenvalue weighted by atomic mass is 10.1. The van der Waals surface area contributed by atoms with Gasteiger partial charge in [-0.15, -0.1) is 5.10 Å². The highest BCUT2D eigenvalue weighted by molar-refractivity contribution is 5.44. The molecule has 1 saturated heterocycles. The number of aromatic nitrogens is 4. The second-order valence-electron chi connectivity index (χ2n) is 7.14. The van der Waals surface area contributed by atoms with Crippen molar-refractivity contribution in [1.29, 1.82) is 0 Å². The Bertz CT molecular complexity index is 677. The molecular formula is C19H27N7. The minimum absolute atomic E-state index is 0.517. The lowest BCUT2D eigenvalue weighted by Gasteiger charge is -2.35. The predicted octanol–water partition coefficient (Wildman–Crippen LogP) is 2.73. The zero-order chi connectivity index (χ0) is 17.6. The molecule has 1 aliphatic heterocycles. The molecule has 2 aliphatic rings. The topological polar surface area (TPSA) is 70.1 Å². The van der Waals surface area contributed by atoms with Crippen LogP contribution in [-0.2, 0) is 0 Å². The first-order chi connectivity index (χ1) is 12.9. The molecule has 7 heteroatoms. The molecule has 1 saturated carbocycles. The summed E-state index contributed by atoms with van der Waals surface area (Å²) in [5, 5.41) is 12.0. The molecule has 26 heavy (non-hydrogen) atoms. The van der Waals surface area contributed by atoms with E-state index in [1.54, 1.807) is 6.20 Å². The summed E-state index contributed by atoms with van der Waals surface area (Å²) in [6.45, 7) is 3.59. The molecule has 138 valence electrons. The summed E-state index contributed by atoms with van der Waals surface area (Å²) in [5.74, 6) is 2.62. The first kappa shape index (κ1) is 17.0. The van der Waals surface area contributed by atoms with Crippen molar-refractivity contribution in [1.82, 2.24) is 20.2 Å². The number of hydrogen-bond acceptors (Lipinski definition) is 7. The minimum Gasteiger partial charge on any atom is -0.366 e. The fourth-order valence-electron chi connectivity index (χ4n) is 3.81. The van der Waals surface area contributed by atoms with E-state index in [9.17, 15) is 0 Å². The molecule has 0 spiro atoms. The maximum atomic E-state index is 4.73. The average molecular weight is 353 g/mol. The SMILES string of the molecule is c1ccc(N2CCN(c3nncc(NC4CCCCCC4)n3)CC2)nc1. The Labute approximate surface area is 154 Å². The minimum atomic E-state index is 0.517. The second kappa shape index (κ2) is 8.29. The number of nitrogens with one attached hydrogen (secondary N) is 1. The van der Waals surface area contributed by atoms with Gasteiger partial charge in [0.15, 0.2) is 5.82 Å². The Balaban J connectivity index is 1.36. The van der Waals surface area contributed by atoms with Crippen LogP contribution in [-0.4, -0.2) is 52.4 Å². The summed E-state index contributed by atoms with van der Waals surface area (Å²) >= 11 is 0. The summed E-state index contributed by atoms with van der Waals surface area (Å²) in [6, 6.07) is 6.56. The van der Waals surface area contributed by atoms with Crippen LogP contribution in [0.3, 0.4) is 0 Å². The van der Waals surface area contributed by atoms with Crippen LogP contribution in [0.1, 0.15) is 38.5 Å². The summed E-state index contributed by atoms with van der Waals surface area (Å²) in [7, 11) is 0. The van der Waals surface area contributed by atoms with Crippen molar-refractivity contribution in [3.63, 3.8) is 0 Å². The third-order valence-corrected chi connectivity index (χ3v) is 5.29. The van der Waals surface area contributed by atoms with Gasteiger partial charge in [0.25, 0.3) is 0 Å². The van der Waals surface area contributed by atoms with Crippen LogP contribution in [0.25, 0.3) is 0 Å². The van der Waals surface area contributed by atoms with E-state index in [4.69, 9.17) is 4.98 Å². The Hall–Kier alpha value is -2.44. The number of anilines is 3. The molecule has 2 aromatic heterocycles. The lowest BCUT2D eigenvalue weighted by molar-refractivity contribution is 0.612. The van der Waals surface area contributed by atoms with Gasteiger partial charge in [0.05, 0.1) is 6.20 Å². The fourth-order valence-corrected chi connectivity index (χ4v) is 3.81. The van der Waals surface area contributed by atoms with Gasteiger partial charge in [0, 0.05) is 38.4 Å². The van der Waals surface area contributed by atoms with Crippen molar-refractivity contribution in [2.45, 2.75) is 44.6 Å². The maximum absolute atomic E-state index is 4.73. The molecular weight excluding hydrogens is 326 g/mol. The van der Waals surface area contributed by atoms with Crippen LogP contribution in [0.5, 0.6) is 0 Å². The molecule has 1 aliphatic carbocycles. The van der Waals surface area contributed by atoms with E-state index in [1.165, 1.54) is 38.5 Å². The van der Waals surface area contributed by atoms with Gasteiger partial charge >= 0.3 is 0 Å². The van der Waals surface area contributed by atoms with Crippen LogP contribution in [0, 0.1) is 0 Å². The number of nitrogens with zero attached hydrogens (tertiary/aromatic N) is 6. The van der Waals surface area contributed by atoms with E-state index >= 15 is 0 Å². The Morgan fingerprint density at radius 1 is 0.923 bits per heavy atom. The molecule has 2 aromatic rings. The highest BCUT2D eigenvalue weighted by atomic mass is 15.4. The third-order valence-electron chi connectivity index (χ3n) is 5.29. The highest BCUT2D eigenvalue weighted by Gasteiger charge is 2.21. The van der Waals surface area contributed by atoms with Crippen molar-refractivity contribution in [2.75, 3.05) is 41.3 Å². The van der Waals surface area contributed by atoms with Crippen LogP contribution in [0.4, 0.5) is 17.6 Å². The quantitative estimate of drug-likeness (QED) is 0.848. The highest BCUT2D eigenvalue weighted by Crippen LogP contribution is 2.21. The summed E-state index contributed by atoms with van der Waals surface area (Å²) < 4.78 is 0. The number of hydrogen-bond donors (Lipinski definition) is 1. The van der Waals surface area contributed by atoms with E-state index in [2.05, 4.69) is 36.4 Å². The largest absolute Gasteiger partial charge is 0.366 e. The number of pyridine rings is 1. The summed E-state index contributed by atoms with van der Waals surface area (Å²) in [6.07, 6.45) is 11.4. The average Bonchev–Trinajstić information content (AvgIpc) is 2.98. The number of rotatable bonds is 4. The van der Waals surface area contributed by atoms with Gasteiger partial charge in [0.1, 0.15) is 5.82 Å². The van der Waals surface area contributed by atoms with Gasteiger partial charge in [-0.3, -0.25) is 0 Å². The summed E-state index contributed by atoms with van der Waals surface area (Å²) in [5.41, 5.74) is 0. The van der Waals surface area contributed by atoms with Crippen LogP contribution in [0.2, 0.25) is 0 Å². The van der Waals surface area contributed by atoms with Gasteiger partial charge in [0.2, 0.25) is 5.95 Å². The molecule has 0 bridgehead atoms. The van der Waals surface area contributed by atoms with Crippen molar-refractivity contribution in [2.24, 2.45) is 0 Å². The van der Waals surface area contributed by atoms with E-state index < -0.39 is 0 Å². The molecule has 0 aromatic carbocycles. The Morgan fingerprint density at radius 3 is 2.42 bits per heavy atom. The fraction of sp³-hybridized carbons (Fsp3) is 0.579. The van der Waals surface area contributed by atoms with Gasteiger partial charge in [-0.25, -0.2) is 4.98 Å². The molecule has 4 rings (SSSR count). The van der Waals surface area contributed by atoms with Crippen LogP contribution < -0.4 is 15.1 Å². The zero-order valence-electron chi connectivity index (χ0n) is 15.2. The molecule has 3 heterocycles. The van der Waals surface area contributed by atoms with Gasteiger partial charge < -0.3 is 15.1 Å². The van der Waals surface area contributed by atoms with E-state index in [1.807, 2.05) is 18.3 Å². The van der Waals surface area contributed by atoms with E-state index in [-0.39, 0.29) is 0 Å². The maximum Gasteiger partial charge on any atom is 0.247 e. The smallest absolute Gasteiger partial charge is 0.247 e. The van der Waals surface area contributed by atoms with Crippen LogP contribution in [0.15, 0.2) is 30.6 Å². The first-order valence-electron chi connectivity index (χ1n) is 9.76. The number of piperazine rings is 1. The molecule has 7 nitrogen and oxygen atoms in total. The Morgan fingerprint density at radius 2 is 1.69 bits per heavy atom. The predicted molar refractivity (Wildman–Crippen MR) is 104 cm³/mol. The van der Waals surface area contributed by atoms with Gasteiger partial charge in [-0.2, -0.15) is 10.1 Å². The van der Waals surface area contributed by atoms with Gasteiger partial charge in [-0.05, 0) is 25.0 Å². The molecule has 2 fully saturated rings. The van der Waals surface area contributed by atoms with Crippen molar-refractivity contribution in [3.8, 4) is 0 Å². The van der Waals surface area contributed by atoms with Crippen LogP contribution >= 0.6 is 0 Å². The molecule has 0 radical (unpaired) electrons. The Kier molecular flexibility index (Phi) is 5.42. The molecule has 0 unspecified atom stereocenters. The molecule has 0 atom stereocenters. The van der Waals surface area contributed by atoms with Crippen molar-refractivity contribution in [3.05, 3.63) is 30.6 Å². The third kappa shape index (κ3) is 4.20. The molecule has 1 N–H and O–H groups in total. The lowest BCUT2D eigenvalue weighted by Crippen LogP contribution is -2.47. The van der Waals surface area contributed by atoms with E-state index in [0.717, 1.165) is 43.8 Å². The standard InChI is InChI=1S/C19H27N7/c1-2-4-8-16(7-3-1)22-17-15-21-24-19(23-17)26-13-11-25(12-14-26)18-9-5-6-10-20-18/h5-6,9-10,15-16H,1-4,7-8,11-14H2,(H,22,23,24). The summed E-state index contributed by atoms with van der Waals surface area (Å²) in [4.78, 5) is 13.7. The van der Waals surface area contributed by atoms with Crippen molar-refractivity contribution >= 4 is 17.6 Å².